The lowest BCUT2D eigenvalue weighted by atomic mass is 10.2. The first-order valence-corrected chi connectivity index (χ1v) is 10.0. The van der Waals surface area contributed by atoms with Gasteiger partial charge in [-0.2, -0.15) is 4.39 Å². The molecule has 0 spiro atoms. The Hall–Kier alpha value is -2.26. The van der Waals surface area contributed by atoms with Gasteiger partial charge in [0, 0.05) is 30.9 Å². The molecule has 1 saturated heterocycles. The van der Waals surface area contributed by atoms with Crippen molar-refractivity contribution in [3.05, 3.63) is 34.5 Å². The highest BCUT2D eigenvalue weighted by Gasteiger charge is 2.30. The van der Waals surface area contributed by atoms with Crippen molar-refractivity contribution in [2.24, 2.45) is 0 Å². The monoisotopic (exact) mass is 459 g/mol. The lowest BCUT2D eigenvalue weighted by Crippen LogP contribution is -2.40. The van der Waals surface area contributed by atoms with Crippen LogP contribution in [0.15, 0.2) is 18.3 Å². The van der Waals surface area contributed by atoms with Gasteiger partial charge < -0.3 is 14.5 Å². The number of amides is 1. The van der Waals surface area contributed by atoms with E-state index in [0.717, 1.165) is 6.07 Å². The molecule has 2 aromatic heterocycles. The third-order valence-corrected chi connectivity index (χ3v) is 4.92. The van der Waals surface area contributed by atoms with Crippen molar-refractivity contribution in [1.29, 1.82) is 0 Å². The number of rotatable bonds is 2. The minimum Gasteiger partial charge on any atom is -0.444 e. The van der Waals surface area contributed by atoms with E-state index in [1.165, 1.54) is 17.2 Å². The highest BCUT2D eigenvalue weighted by molar-refractivity contribution is 6.42. The SMILES string of the molecule is CC(C)(C)OC(=O)N1CCN(c2nc(-c3ccnc(F)c3)nc(Cl)c2Cl)CC(F)C1. The third-order valence-electron chi connectivity index (χ3n) is 4.21. The Labute approximate surface area is 183 Å². The minimum absolute atomic E-state index is 0.0439. The number of nitrogens with zero attached hydrogens (tertiary/aromatic N) is 5. The van der Waals surface area contributed by atoms with E-state index in [1.807, 2.05) is 0 Å². The van der Waals surface area contributed by atoms with E-state index in [1.54, 1.807) is 25.7 Å². The van der Waals surface area contributed by atoms with Gasteiger partial charge in [-0.15, -0.1) is 0 Å². The number of carbonyl (C=O) groups is 1. The van der Waals surface area contributed by atoms with Crippen LogP contribution in [0, 0.1) is 5.95 Å². The van der Waals surface area contributed by atoms with Gasteiger partial charge in [0.25, 0.3) is 0 Å². The molecule has 1 aliphatic heterocycles. The number of hydrogen-bond acceptors (Lipinski definition) is 6. The van der Waals surface area contributed by atoms with Crippen LogP contribution in [-0.2, 0) is 4.74 Å². The minimum atomic E-state index is -1.37. The molecular formula is C19H21Cl2F2N5O2. The van der Waals surface area contributed by atoms with Crippen LogP contribution in [0.5, 0.6) is 0 Å². The maximum atomic E-state index is 14.7. The summed E-state index contributed by atoms with van der Waals surface area (Å²) in [6.45, 7) is 5.50. The van der Waals surface area contributed by atoms with Crippen molar-refractivity contribution in [2.45, 2.75) is 32.5 Å². The number of anilines is 1. The van der Waals surface area contributed by atoms with E-state index in [0.29, 0.717) is 5.56 Å². The summed E-state index contributed by atoms with van der Waals surface area (Å²) in [4.78, 5) is 27.2. The van der Waals surface area contributed by atoms with Crippen molar-refractivity contribution in [3.63, 3.8) is 0 Å². The molecule has 1 atom stereocenters. The molecule has 0 bridgehead atoms. The fourth-order valence-corrected chi connectivity index (χ4v) is 3.30. The van der Waals surface area contributed by atoms with Crippen molar-refractivity contribution in [1.82, 2.24) is 19.9 Å². The highest BCUT2D eigenvalue weighted by atomic mass is 35.5. The van der Waals surface area contributed by atoms with Crippen molar-refractivity contribution in [3.8, 4) is 11.4 Å². The normalized spacial score (nSPS) is 17.6. The first kappa shape index (κ1) is 22.4. The van der Waals surface area contributed by atoms with Crippen LogP contribution in [0.2, 0.25) is 10.2 Å². The lowest BCUT2D eigenvalue weighted by molar-refractivity contribution is 0.0229. The molecule has 0 N–H and O–H groups in total. The second-order valence-corrected chi connectivity index (χ2v) is 8.55. The zero-order valence-electron chi connectivity index (χ0n) is 16.7. The first-order valence-electron chi connectivity index (χ1n) is 9.25. The Kier molecular flexibility index (Phi) is 6.62. The van der Waals surface area contributed by atoms with Crippen LogP contribution in [0.4, 0.5) is 19.4 Å². The summed E-state index contributed by atoms with van der Waals surface area (Å²) in [5.41, 5.74) is -0.336. The Morgan fingerprint density at radius 1 is 1.23 bits per heavy atom. The van der Waals surface area contributed by atoms with Gasteiger partial charge in [-0.05, 0) is 26.8 Å². The second kappa shape index (κ2) is 8.85. The molecular weight excluding hydrogens is 439 g/mol. The third kappa shape index (κ3) is 5.46. The fourth-order valence-electron chi connectivity index (χ4n) is 2.93. The maximum absolute atomic E-state index is 14.7. The summed E-state index contributed by atoms with van der Waals surface area (Å²) in [6.07, 6.45) is -0.684. The Morgan fingerprint density at radius 3 is 2.63 bits per heavy atom. The second-order valence-electron chi connectivity index (χ2n) is 7.81. The van der Waals surface area contributed by atoms with Gasteiger partial charge in [-0.1, -0.05) is 23.2 Å². The van der Waals surface area contributed by atoms with Crippen molar-refractivity contribution >= 4 is 35.1 Å². The van der Waals surface area contributed by atoms with Gasteiger partial charge in [-0.25, -0.2) is 24.1 Å². The number of alkyl halides is 1. The fraction of sp³-hybridized carbons (Fsp3) is 0.474. The van der Waals surface area contributed by atoms with E-state index in [-0.39, 0.29) is 48.0 Å². The smallest absolute Gasteiger partial charge is 0.410 e. The van der Waals surface area contributed by atoms with E-state index >= 15 is 0 Å². The van der Waals surface area contributed by atoms with E-state index in [4.69, 9.17) is 27.9 Å². The van der Waals surface area contributed by atoms with Gasteiger partial charge >= 0.3 is 6.09 Å². The van der Waals surface area contributed by atoms with Gasteiger partial charge in [0.1, 0.15) is 16.8 Å². The molecule has 30 heavy (non-hydrogen) atoms. The van der Waals surface area contributed by atoms with Crippen LogP contribution >= 0.6 is 23.2 Å². The summed E-state index contributed by atoms with van der Waals surface area (Å²) < 4.78 is 33.5. The standard InChI is InChI=1S/C19H21Cl2F2N5O2/c1-19(2,3)30-18(29)28-7-6-27(9-12(22)10-28)17-14(20)15(21)25-16(26-17)11-4-5-24-13(23)8-11/h4-5,8,12H,6-7,9-10H2,1-3H3. The molecule has 11 heteroatoms. The molecule has 0 saturated carbocycles. The van der Waals surface area contributed by atoms with E-state index < -0.39 is 23.8 Å². The zero-order chi connectivity index (χ0) is 22.1. The lowest BCUT2D eigenvalue weighted by Gasteiger charge is -2.26. The molecule has 3 heterocycles. The Bertz CT molecular complexity index is 942. The van der Waals surface area contributed by atoms with Gasteiger partial charge in [0.15, 0.2) is 16.8 Å². The van der Waals surface area contributed by atoms with Gasteiger partial charge in [0.05, 0.1) is 13.1 Å². The number of carbonyl (C=O) groups excluding carboxylic acids is 1. The average molecular weight is 460 g/mol. The Balaban J connectivity index is 1.87. The number of pyridine rings is 1. The highest BCUT2D eigenvalue weighted by Crippen LogP contribution is 2.33. The summed E-state index contributed by atoms with van der Waals surface area (Å²) in [5.74, 6) is -0.364. The number of halogens is 4. The zero-order valence-corrected chi connectivity index (χ0v) is 18.2. The summed E-state index contributed by atoms with van der Waals surface area (Å²) in [6, 6.07) is 2.69. The van der Waals surface area contributed by atoms with Crippen LogP contribution in [0.25, 0.3) is 11.4 Å². The molecule has 1 aliphatic rings. The first-order chi connectivity index (χ1) is 14.0. The van der Waals surface area contributed by atoms with Crippen LogP contribution < -0.4 is 4.90 Å². The van der Waals surface area contributed by atoms with Crippen LogP contribution in [-0.4, -0.2) is 63.9 Å². The van der Waals surface area contributed by atoms with E-state index in [2.05, 4.69) is 15.0 Å². The predicted molar refractivity (Wildman–Crippen MR) is 110 cm³/mol. The molecule has 0 aromatic carbocycles. The van der Waals surface area contributed by atoms with Gasteiger partial charge in [-0.3, -0.25) is 0 Å². The molecule has 1 fully saturated rings. The number of ether oxygens (including phenoxy) is 1. The van der Waals surface area contributed by atoms with Crippen molar-refractivity contribution in [2.75, 3.05) is 31.1 Å². The van der Waals surface area contributed by atoms with Gasteiger partial charge in [0.2, 0.25) is 5.95 Å². The summed E-state index contributed by atoms with van der Waals surface area (Å²) >= 11 is 12.5. The van der Waals surface area contributed by atoms with Crippen LogP contribution in [0.1, 0.15) is 20.8 Å². The summed E-state index contributed by atoms with van der Waals surface area (Å²) in [5, 5.41) is 0.00500. The summed E-state index contributed by atoms with van der Waals surface area (Å²) in [7, 11) is 0. The topological polar surface area (TPSA) is 71.5 Å². The quantitative estimate of drug-likeness (QED) is 0.490. The maximum Gasteiger partial charge on any atom is 0.410 e. The molecule has 0 aliphatic carbocycles. The largest absolute Gasteiger partial charge is 0.444 e. The molecule has 162 valence electrons. The molecule has 1 unspecified atom stereocenters. The molecule has 3 rings (SSSR count). The molecule has 0 radical (unpaired) electrons. The van der Waals surface area contributed by atoms with E-state index in [9.17, 15) is 13.6 Å². The average Bonchev–Trinajstić information content (AvgIpc) is 2.84. The van der Waals surface area contributed by atoms with Crippen LogP contribution in [0.3, 0.4) is 0 Å². The molecule has 2 aromatic rings. The number of aromatic nitrogens is 3. The molecule has 1 amide bonds. The van der Waals surface area contributed by atoms with Crippen molar-refractivity contribution < 1.29 is 18.3 Å². The number of hydrogen-bond donors (Lipinski definition) is 0. The Morgan fingerprint density at radius 2 is 1.97 bits per heavy atom. The predicted octanol–water partition coefficient (Wildman–Crippen LogP) is 4.38. The molecule has 7 nitrogen and oxygen atoms in total.